The number of nitrogens with one attached hydrogen (secondary N) is 2. The fraction of sp³-hybridized carbons (Fsp3) is 0. The van der Waals surface area contributed by atoms with Crippen molar-refractivity contribution in [2.75, 3.05) is 5.32 Å². The van der Waals surface area contributed by atoms with Crippen LogP contribution < -0.4 is 5.32 Å². The average Bonchev–Trinajstić information content (AvgIpc) is 3.09. The fourth-order valence-corrected chi connectivity index (χ4v) is 2.36. The van der Waals surface area contributed by atoms with Gasteiger partial charge in [0, 0.05) is 10.2 Å². The van der Waals surface area contributed by atoms with Crippen LogP contribution >= 0.6 is 15.9 Å². The van der Waals surface area contributed by atoms with E-state index in [0.717, 1.165) is 5.56 Å². The molecule has 120 valence electrons. The third-order valence-corrected chi connectivity index (χ3v) is 3.60. The Hall–Kier alpha value is -2.87. The molecule has 0 saturated carbocycles. The molecular formula is C16H11BrFN5O. The van der Waals surface area contributed by atoms with Crippen LogP contribution in [0.4, 0.5) is 10.1 Å². The zero-order valence-electron chi connectivity index (χ0n) is 12.2. The van der Waals surface area contributed by atoms with Crippen LogP contribution in [-0.2, 0) is 0 Å². The van der Waals surface area contributed by atoms with Gasteiger partial charge in [-0.15, -0.1) is 10.2 Å². The van der Waals surface area contributed by atoms with Crippen LogP contribution in [0.15, 0.2) is 46.9 Å². The van der Waals surface area contributed by atoms with Gasteiger partial charge >= 0.3 is 0 Å². The SMILES string of the molecule is O=C(Nc1cccc(/C=C/c2nn[nH]n2)c1)c1cc(Br)ccc1F. The Kier molecular flexibility index (Phi) is 4.76. The van der Waals surface area contributed by atoms with E-state index in [0.29, 0.717) is 16.0 Å². The number of halogens is 2. The van der Waals surface area contributed by atoms with Crippen molar-refractivity contribution in [2.24, 2.45) is 0 Å². The minimum atomic E-state index is -0.580. The van der Waals surface area contributed by atoms with Crippen LogP contribution in [-0.4, -0.2) is 26.5 Å². The molecular weight excluding hydrogens is 377 g/mol. The van der Waals surface area contributed by atoms with Crippen molar-refractivity contribution in [3.8, 4) is 0 Å². The molecule has 0 aliphatic carbocycles. The van der Waals surface area contributed by atoms with Crippen molar-refractivity contribution < 1.29 is 9.18 Å². The summed E-state index contributed by atoms with van der Waals surface area (Å²) in [6.45, 7) is 0. The van der Waals surface area contributed by atoms with E-state index in [4.69, 9.17) is 0 Å². The maximum atomic E-state index is 13.8. The summed E-state index contributed by atoms with van der Waals surface area (Å²) >= 11 is 3.23. The molecule has 0 aliphatic rings. The number of benzene rings is 2. The van der Waals surface area contributed by atoms with Crippen LogP contribution in [0, 0.1) is 5.82 Å². The first kappa shape index (κ1) is 16.0. The molecule has 8 heteroatoms. The van der Waals surface area contributed by atoms with E-state index in [2.05, 4.69) is 41.9 Å². The highest BCUT2D eigenvalue weighted by Crippen LogP contribution is 2.18. The second kappa shape index (κ2) is 7.14. The number of anilines is 1. The Morgan fingerprint density at radius 1 is 1.21 bits per heavy atom. The van der Waals surface area contributed by atoms with Gasteiger partial charge in [0.05, 0.1) is 5.56 Å². The molecule has 6 nitrogen and oxygen atoms in total. The lowest BCUT2D eigenvalue weighted by atomic mass is 10.1. The molecule has 1 aromatic heterocycles. The topological polar surface area (TPSA) is 83.6 Å². The molecule has 0 aliphatic heterocycles. The van der Waals surface area contributed by atoms with Gasteiger partial charge in [0.25, 0.3) is 5.91 Å². The van der Waals surface area contributed by atoms with Crippen molar-refractivity contribution in [3.05, 3.63) is 69.7 Å². The van der Waals surface area contributed by atoms with Gasteiger partial charge in [-0.05, 0) is 47.2 Å². The molecule has 0 radical (unpaired) electrons. The zero-order valence-corrected chi connectivity index (χ0v) is 13.8. The van der Waals surface area contributed by atoms with E-state index in [9.17, 15) is 9.18 Å². The van der Waals surface area contributed by atoms with E-state index in [1.807, 2.05) is 6.07 Å². The van der Waals surface area contributed by atoms with Gasteiger partial charge in [0.1, 0.15) is 5.82 Å². The van der Waals surface area contributed by atoms with Crippen LogP contribution in [0.2, 0.25) is 0 Å². The summed E-state index contributed by atoms with van der Waals surface area (Å²) in [4.78, 5) is 12.2. The van der Waals surface area contributed by atoms with Gasteiger partial charge in [-0.1, -0.05) is 34.1 Å². The number of rotatable bonds is 4. The Labute approximate surface area is 144 Å². The summed E-state index contributed by atoms with van der Waals surface area (Å²) in [6.07, 6.45) is 3.46. The Morgan fingerprint density at radius 2 is 2.08 bits per heavy atom. The first-order valence-electron chi connectivity index (χ1n) is 6.90. The van der Waals surface area contributed by atoms with Crippen molar-refractivity contribution >= 4 is 39.7 Å². The van der Waals surface area contributed by atoms with Crippen molar-refractivity contribution in [1.29, 1.82) is 0 Å². The lowest BCUT2D eigenvalue weighted by molar-refractivity contribution is 0.102. The number of carbonyl (C=O) groups is 1. The molecule has 24 heavy (non-hydrogen) atoms. The number of H-pyrrole nitrogens is 1. The molecule has 0 unspecified atom stereocenters. The maximum absolute atomic E-state index is 13.8. The zero-order chi connectivity index (χ0) is 16.9. The second-order valence-electron chi connectivity index (χ2n) is 4.81. The predicted octanol–water partition coefficient (Wildman–Crippen LogP) is 3.52. The number of aromatic nitrogens is 4. The molecule has 0 saturated heterocycles. The summed E-state index contributed by atoms with van der Waals surface area (Å²) in [7, 11) is 0. The van der Waals surface area contributed by atoms with E-state index >= 15 is 0 Å². The summed E-state index contributed by atoms with van der Waals surface area (Å²) < 4.78 is 14.4. The monoisotopic (exact) mass is 387 g/mol. The second-order valence-corrected chi connectivity index (χ2v) is 5.72. The highest BCUT2D eigenvalue weighted by atomic mass is 79.9. The average molecular weight is 388 g/mol. The minimum absolute atomic E-state index is 0.0304. The first-order valence-corrected chi connectivity index (χ1v) is 7.69. The summed E-state index contributed by atoms with van der Waals surface area (Å²) in [5, 5.41) is 16.1. The standard InChI is InChI=1S/C16H11BrFN5O/c17-11-5-6-14(18)13(9-11)16(24)19-12-3-1-2-10(8-12)4-7-15-20-22-23-21-15/h1-9H,(H,19,24)(H,20,21,22,23)/b7-4+. The predicted molar refractivity (Wildman–Crippen MR) is 91.6 cm³/mol. The van der Waals surface area contributed by atoms with Gasteiger partial charge in [-0.3, -0.25) is 4.79 Å². The van der Waals surface area contributed by atoms with Crippen LogP contribution in [0.5, 0.6) is 0 Å². The first-order chi connectivity index (χ1) is 11.6. The largest absolute Gasteiger partial charge is 0.322 e. The molecule has 2 N–H and O–H groups in total. The lowest BCUT2D eigenvalue weighted by Crippen LogP contribution is -2.13. The molecule has 0 spiro atoms. The molecule has 3 aromatic rings. The molecule has 0 atom stereocenters. The van der Waals surface area contributed by atoms with Gasteiger partial charge in [-0.2, -0.15) is 5.21 Å². The Bertz CT molecular complexity index is 895. The number of amides is 1. The third-order valence-electron chi connectivity index (χ3n) is 3.10. The smallest absolute Gasteiger partial charge is 0.258 e. The van der Waals surface area contributed by atoms with E-state index in [1.165, 1.54) is 18.2 Å². The number of hydrogen-bond acceptors (Lipinski definition) is 4. The number of nitrogens with zero attached hydrogens (tertiary/aromatic N) is 3. The molecule has 2 aromatic carbocycles. The molecule has 1 heterocycles. The highest BCUT2D eigenvalue weighted by molar-refractivity contribution is 9.10. The molecule has 1 amide bonds. The van der Waals surface area contributed by atoms with Gasteiger partial charge in [-0.25, -0.2) is 4.39 Å². The van der Waals surface area contributed by atoms with E-state index in [1.54, 1.807) is 30.4 Å². The lowest BCUT2D eigenvalue weighted by Gasteiger charge is -2.07. The van der Waals surface area contributed by atoms with Crippen molar-refractivity contribution in [3.63, 3.8) is 0 Å². The Morgan fingerprint density at radius 3 is 2.88 bits per heavy atom. The fourth-order valence-electron chi connectivity index (χ4n) is 2.00. The summed E-state index contributed by atoms with van der Waals surface area (Å²) in [6, 6.07) is 11.3. The normalized spacial score (nSPS) is 10.9. The van der Waals surface area contributed by atoms with Crippen LogP contribution in [0.3, 0.4) is 0 Å². The van der Waals surface area contributed by atoms with Crippen LogP contribution in [0.1, 0.15) is 21.7 Å². The third kappa shape index (κ3) is 3.90. The van der Waals surface area contributed by atoms with Crippen LogP contribution in [0.25, 0.3) is 12.2 Å². The van der Waals surface area contributed by atoms with Crippen molar-refractivity contribution in [1.82, 2.24) is 20.6 Å². The van der Waals surface area contributed by atoms with Gasteiger partial charge in [0.15, 0.2) is 5.82 Å². The number of aromatic amines is 1. The maximum Gasteiger partial charge on any atom is 0.258 e. The summed E-state index contributed by atoms with van der Waals surface area (Å²) in [5.41, 5.74) is 1.35. The van der Waals surface area contributed by atoms with Crippen molar-refractivity contribution in [2.45, 2.75) is 0 Å². The molecule has 3 rings (SSSR count). The molecule has 0 bridgehead atoms. The van der Waals surface area contributed by atoms with E-state index in [-0.39, 0.29) is 5.56 Å². The number of tetrazole rings is 1. The minimum Gasteiger partial charge on any atom is -0.322 e. The number of carbonyl (C=O) groups excluding carboxylic acids is 1. The van der Waals surface area contributed by atoms with Gasteiger partial charge < -0.3 is 5.32 Å². The Balaban J connectivity index is 1.77. The highest BCUT2D eigenvalue weighted by Gasteiger charge is 2.12. The number of hydrogen-bond donors (Lipinski definition) is 2. The summed E-state index contributed by atoms with van der Waals surface area (Å²) in [5.74, 6) is -0.655. The van der Waals surface area contributed by atoms with E-state index < -0.39 is 11.7 Å². The van der Waals surface area contributed by atoms with Gasteiger partial charge in [0.2, 0.25) is 0 Å². The molecule has 0 fully saturated rings. The quantitative estimate of drug-likeness (QED) is 0.717.